The Morgan fingerprint density at radius 2 is 2.27 bits per heavy atom. The summed E-state index contributed by atoms with van der Waals surface area (Å²) in [6.07, 6.45) is 6.11. The van der Waals surface area contributed by atoms with E-state index in [1.807, 2.05) is 0 Å². The third kappa shape index (κ3) is 1.49. The summed E-state index contributed by atoms with van der Waals surface area (Å²) >= 11 is 0. The maximum atomic E-state index is 11.0. The zero-order valence-corrected chi connectivity index (χ0v) is 6.24. The van der Waals surface area contributed by atoms with E-state index in [-0.39, 0.29) is 5.76 Å². The first-order valence-electron chi connectivity index (χ1n) is 3.22. The van der Waals surface area contributed by atoms with Crippen molar-refractivity contribution in [1.29, 1.82) is 0 Å². The fraction of sp³-hybridized carbons (Fsp3) is 0.125. The molecule has 3 heteroatoms. The highest BCUT2D eigenvalue weighted by atomic mass is 16.3. The van der Waals surface area contributed by atoms with Crippen LogP contribution in [-0.2, 0) is 0 Å². The Morgan fingerprint density at radius 3 is 2.73 bits per heavy atom. The molecule has 0 aromatic rings. The summed E-state index contributed by atoms with van der Waals surface area (Å²) in [6.45, 7) is 0. The Morgan fingerprint density at radius 1 is 1.55 bits per heavy atom. The zero-order valence-electron chi connectivity index (χ0n) is 6.24. The van der Waals surface area contributed by atoms with Crippen molar-refractivity contribution >= 4 is 6.21 Å². The lowest BCUT2D eigenvalue weighted by Crippen LogP contribution is -2.04. The molecule has 0 heterocycles. The highest BCUT2D eigenvalue weighted by molar-refractivity contribution is 5.86. The van der Waals surface area contributed by atoms with E-state index in [1.54, 1.807) is 13.1 Å². The third-order valence-electron chi connectivity index (χ3n) is 1.37. The fourth-order valence-electron chi connectivity index (χ4n) is 0.863. The van der Waals surface area contributed by atoms with E-state index in [9.17, 15) is 5.11 Å². The van der Waals surface area contributed by atoms with Crippen LogP contribution >= 0.6 is 0 Å². The van der Waals surface area contributed by atoms with Gasteiger partial charge < -0.3 is 10.8 Å². The van der Waals surface area contributed by atoms with E-state index < -0.39 is 0 Å². The average molecular weight is 149 g/mol. The van der Waals surface area contributed by atoms with Crippen molar-refractivity contribution in [2.45, 2.75) is 0 Å². The molecule has 0 aliphatic heterocycles. The highest BCUT2D eigenvalue weighted by Crippen LogP contribution is 2.16. The smallest absolute Gasteiger partial charge is 0.0277 e. The average Bonchev–Trinajstić information content (AvgIpc) is 2.33. The standard InChI is InChI=1S/C8H10N2O/c1-10-5-7-2-6(4-9)3-8(7)11/h2-5,11H,9H2,1H3/p-1/b6-4+,10-5?. The Hall–Kier alpha value is -1.51. The first kappa shape index (κ1) is 7.60. The van der Waals surface area contributed by atoms with E-state index in [0.717, 1.165) is 5.57 Å². The second kappa shape index (κ2) is 3.05. The lowest BCUT2D eigenvalue weighted by Gasteiger charge is -2.05. The largest absolute Gasteiger partial charge is 0.872 e. The topological polar surface area (TPSA) is 61.4 Å². The van der Waals surface area contributed by atoms with Crippen molar-refractivity contribution in [1.82, 2.24) is 0 Å². The predicted molar refractivity (Wildman–Crippen MR) is 42.9 cm³/mol. The van der Waals surface area contributed by atoms with Crippen LogP contribution in [0.5, 0.6) is 0 Å². The summed E-state index contributed by atoms with van der Waals surface area (Å²) in [7, 11) is 1.62. The number of hydrogen-bond acceptors (Lipinski definition) is 3. The minimum Gasteiger partial charge on any atom is -0.872 e. The maximum absolute atomic E-state index is 11.0. The Kier molecular flexibility index (Phi) is 2.11. The third-order valence-corrected chi connectivity index (χ3v) is 1.37. The van der Waals surface area contributed by atoms with Gasteiger partial charge in [-0.2, -0.15) is 0 Å². The number of nitrogens with zero attached hydrogens (tertiary/aromatic N) is 1. The summed E-state index contributed by atoms with van der Waals surface area (Å²) in [5.74, 6) is -0.0349. The van der Waals surface area contributed by atoms with Gasteiger partial charge in [-0.15, -0.1) is 0 Å². The monoisotopic (exact) mass is 149 g/mol. The molecule has 58 valence electrons. The summed E-state index contributed by atoms with van der Waals surface area (Å²) in [4.78, 5) is 3.73. The van der Waals surface area contributed by atoms with E-state index in [4.69, 9.17) is 5.73 Å². The number of hydrogen-bond donors (Lipinski definition) is 1. The Labute approximate surface area is 65.2 Å². The number of aliphatic imine (C=N–C) groups is 1. The van der Waals surface area contributed by atoms with Gasteiger partial charge in [0.25, 0.3) is 0 Å². The first-order chi connectivity index (χ1) is 5.27. The Bertz CT molecular complexity index is 272. The number of allylic oxidation sites excluding steroid dienone is 4. The molecule has 0 spiro atoms. The highest BCUT2D eigenvalue weighted by Gasteiger charge is 2.00. The Balaban J connectivity index is 2.93. The van der Waals surface area contributed by atoms with Gasteiger partial charge in [0.2, 0.25) is 0 Å². The van der Waals surface area contributed by atoms with Crippen molar-refractivity contribution in [3.8, 4) is 0 Å². The van der Waals surface area contributed by atoms with Gasteiger partial charge in [0.1, 0.15) is 0 Å². The summed E-state index contributed by atoms with van der Waals surface area (Å²) in [5, 5.41) is 11.0. The number of nitrogens with two attached hydrogens (primary N) is 1. The van der Waals surface area contributed by atoms with Crippen LogP contribution in [0.15, 0.2) is 40.2 Å². The van der Waals surface area contributed by atoms with Crippen molar-refractivity contribution in [2.24, 2.45) is 10.7 Å². The molecule has 11 heavy (non-hydrogen) atoms. The molecule has 2 N–H and O–H groups in total. The second-order valence-electron chi connectivity index (χ2n) is 2.16. The van der Waals surface area contributed by atoms with E-state index in [2.05, 4.69) is 4.99 Å². The van der Waals surface area contributed by atoms with Crippen LogP contribution in [0.4, 0.5) is 0 Å². The van der Waals surface area contributed by atoms with Gasteiger partial charge in [-0.05, 0) is 17.2 Å². The molecule has 0 aromatic carbocycles. The molecule has 0 bridgehead atoms. The molecule has 0 unspecified atom stereocenters. The van der Waals surface area contributed by atoms with Crippen LogP contribution in [-0.4, -0.2) is 13.3 Å². The molecule has 0 amide bonds. The van der Waals surface area contributed by atoms with Gasteiger partial charge in [-0.1, -0.05) is 11.8 Å². The zero-order chi connectivity index (χ0) is 8.27. The van der Waals surface area contributed by atoms with E-state index >= 15 is 0 Å². The molecular formula is C8H9N2O-. The molecular weight excluding hydrogens is 140 g/mol. The lowest BCUT2D eigenvalue weighted by molar-refractivity contribution is -0.295. The van der Waals surface area contributed by atoms with E-state index in [1.165, 1.54) is 18.5 Å². The van der Waals surface area contributed by atoms with Gasteiger partial charge in [0.05, 0.1) is 0 Å². The summed E-state index contributed by atoms with van der Waals surface area (Å²) in [5.41, 5.74) is 6.55. The van der Waals surface area contributed by atoms with Crippen LogP contribution in [0.2, 0.25) is 0 Å². The van der Waals surface area contributed by atoms with Crippen LogP contribution in [0.3, 0.4) is 0 Å². The van der Waals surface area contributed by atoms with Gasteiger partial charge in [-0.3, -0.25) is 4.99 Å². The van der Waals surface area contributed by atoms with Crippen LogP contribution in [0, 0.1) is 0 Å². The molecule has 0 aromatic heterocycles. The molecule has 0 fully saturated rings. The van der Waals surface area contributed by atoms with E-state index in [0.29, 0.717) is 5.57 Å². The van der Waals surface area contributed by atoms with Crippen LogP contribution in [0.25, 0.3) is 0 Å². The van der Waals surface area contributed by atoms with Crippen molar-refractivity contribution in [3.05, 3.63) is 35.3 Å². The van der Waals surface area contributed by atoms with Crippen molar-refractivity contribution in [3.63, 3.8) is 0 Å². The quantitative estimate of drug-likeness (QED) is 0.521. The molecule has 0 saturated heterocycles. The molecule has 1 aliphatic carbocycles. The minimum absolute atomic E-state index is 0.0349. The predicted octanol–water partition coefficient (Wildman–Crippen LogP) is -0.286. The first-order valence-corrected chi connectivity index (χ1v) is 3.22. The summed E-state index contributed by atoms with van der Waals surface area (Å²) < 4.78 is 0. The minimum atomic E-state index is -0.0349. The van der Waals surface area contributed by atoms with Crippen LogP contribution in [0.1, 0.15) is 0 Å². The van der Waals surface area contributed by atoms with Gasteiger partial charge in [0, 0.05) is 19.5 Å². The molecule has 0 atom stereocenters. The molecule has 0 radical (unpaired) electrons. The molecule has 1 aliphatic rings. The SMILES string of the molecule is CN=CC1=C/C(=C\N)C=C1[O-]. The van der Waals surface area contributed by atoms with Gasteiger partial charge in [0.15, 0.2) is 0 Å². The molecule has 0 saturated carbocycles. The maximum Gasteiger partial charge on any atom is 0.0277 e. The van der Waals surface area contributed by atoms with Crippen molar-refractivity contribution < 1.29 is 5.11 Å². The summed E-state index contributed by atoms with van der Waals surface area (Å²) in [6, 6.07) is 0. The van der Waals surface area contributed by atoms with Crippen LogP contribution < -0.4 is 10.8 Å². The number of rotatable bonds is 1. The lowest BCUT2D eigenvalue weighted by atomic mass is 10.3. The molecule has 1 rings (SSSR count). The van der Waals surface area contributed by atoms with Crippen molar-refractivity contribution in [2.75, 3.05) is 7.05 Å². The second-order valence-corrected chi connectivity index (χ2v) is 2.16. The van der Waals surface area contributed by atoms with Gasteiger partial charge in [-0.25, -0.2) is 0 Å². The van der Waals surface area contributed by atoms with Gasteiger partial charge >= 0.3 is 0 Å². The molecule has 3 nitrogen and oxygen atoms in total. The fourth-order valence-corrected chi connectivity index (χ4v) is 0.863. The normalized spacial score (nSPS) is 21.0.